The molecule has 4 N–H and O–H groups in total. The summed E-state index contributed by atoms with van der Waals surface area (Å²) in [6, 6.07) is 10.7. The molecule has 0 spiro atoms. The number of amides is 2. The zero-order valence-electron chi connectivity index (χ0n) is 21.2. The number of ether oxygens (including phenoxy) is 1. The van der Waals surface area contributed by atoms with Crippen LogP contribution in [0.25, 0.3) is 17.0 Å². The first-order valence-corrected chi connectivity index (χ1v) is 13.5. The third-order valence-electron chi connectivity index (χ3n) is 5.81. The summed E-state index contributed by atoms with van der Waals surface area (Å²) < 4.78 is 37.2. The summed E-state index contributed by atoms with van der Waals surface area (Å²) >= 11 is 13.6. The summed E-state index contributed by atoms with van der Waals surface area (Å²) in [5.41, 5.74) is 8.71. The van der Waals surface area contributed by atoms with Crippen molar-refractivity contribution in [2.75, 3.05) is 36.5 Å². The number of para-hydroxylation sites is 1. The molecule has 2 amide bonds. The topological polar surface area (TPSA) is 147 Å². The van der Waals surface area contributed by atoms with E-state index < -0.39 is 18.1 Å². The number of carbonyl (C=O) groups is 3. The fraction of sp³-hybridized carbons (Fsp3) is 0.192. The van der Waals surface area contributed by atoms with Crippen molar-refractivity contribution in [1.29, 1.82) is 0 Å². The molecular formula is C26H20Cl2F3N5O5S. The second kappa shape index (κ2) is 13.0. The minimum Gasteiger partial charge on any atom is -0.475 e. The van der Waals surface area contributed by atoms with Crippen LogP contribution in [0.3, 0.4) is 0 Å². The average molecular weight is 642 g/mol. The Morgan fingerprint density at radius 3 is 2.38 bits per heavy atom. The molecule has 2 aliphatic heterocycles. The zero-order valence-corrected chi connectivity index (χ0v) is 23.6. The first kappa shape index (κ1) is 31.1. The maximum Gasteiger partial charge on any atom is 0.490 e. The number of rotatable bonds is 4. The summed E-state index contributed by atoms with van der Waals surface area (Å²) in [6.07, 6.45) is -1.82. The molecule has 5 rings (SSSR count). The van der Waals surface area contributed by atoms with Gasteiger partial charge in [0.15, 0.2) is 5.17 Å². The van der Waals surface area contributed by atoms with Gasteiger partial charge in [-0.2, -0.15) is 18.2 Å². The van der Waals surface area contributed by atoms with Crippen molar-refractivity contribution >= 4 is 86.3 Å². The number of fused-ring (bicyclic) bond motifs is 1. The predicted molar refractivity (Wildman–Crippen MR) is 155 cm³/mol. The van der Waals surface area contributed by atoms with Crippen LogP contribution in [0.1, 0.15) is 15.9 Å². The van der Waals surface area contributed by atoms with Gasteiger partial charge in [-0.3, -0.25) is 14.6 Å². The van der Waals surface area contributed by atoms with E-state index in [1.165, 1.54) is 18.0 Å². The number of alkyl halides is 3. The maximum absolute atomic E-state index is 12.6. The van der Waals surface area contributed by atoms with Gasteiger partial charge >= 0.3 is 12.1 Å². The minimum absolute atomic E-state index is 0.349. The van der Waals surface area contributed by atoms with Gasteiger partial charge in [-0.1, -0.05) is 35.3 Å². The standard InChI is InChI=1S/C24H19Cl2N5O3S.C2HF3O2/c25-16-2-1-3-17(26)20(16)29-24-30-23(33)19(35-24)11-13-4-5-18-14(10-13)21(15(12-28-18)22(27)32)31-6-8-34-9-7-31;3-2(4,5)1(6)7/h1-5,10-12H,6-9H2,(H2,27,32)(H,29,30,33);(H,6,7). The third-order valence-corrected chi connectivity index (χ3v) is 7.34. The number of nitrogens with two attached hydrogens (primary N) is 1. The van der Waals surface area contributed by atoms with Gasteiger partial charge in [-0.15, -0.1) is 0 Å². The number of morpholine rings is 1. The molecule has 2 aliphatic rings. The molecule has 3 aromatic rings. The molecule has 0 bridgehead atoms. The lowest BCUT2D eigenvalue weighted by atomic mass is 10.0. The van der Waals surface area contributed by atoms with Gasteiger partial charge in [0.05, 0.1) is 50.6 Å². The van der Waals surface area contributed by atoms with E-state index in [-0.39, 0.29) is 5.91 Å². The number of aliphatic carboxylic acids is 1. The number of primary amides is 1. The first-order chi connectivity index (χ1) is 19.8. The van der Waals surface area contributed by atoms with E-state index in [1.807, 2.05) is 18.2 Å². The van der Waals surface area contributed by atoms with Crippen LogP contribution in [-0.4, -0.2) is 65.5 Å². The first-order valence-electron chi connectivity index (χ1n) is 11.9. The Morgan fingerprint density at radius 2 is 1.79 bits per heavy atom. The second-order valence-electron chi connectivity index (χ2n) is 8.62. The summed E-state index contributed by atoms with van der Waals surface area (Å²) in [5, 5.41) is 12.2. The lowest BCUT2D eigenvalue weighted by Crippen LogP contribution is -2.37. The molecule has 0 unspecified atom stereocenters. The SMILES string of the molecule is NC(=O)c1cnc2ccc(C=C3SC(Nc4c(Cl)cccc4Cl)=NC3=O)cc2c1N1CCOCC1.O=C(O)C(F)(F)F. The van der Waals surface area contributed by atoms with Gasteiger partial charge in [0.2, 0.25) is 0 Å². The molecule has 0 radical (unpaired) electrons. The van der Waals surface area contributed by atoms with Crippen molar-refractivity contribution in [2.24, 2.45) is 10.7 Å². The van der Waals surface area contributed by atoms with Crippen LogP contribution in [0.4, 0.5) is 24.5 Å². The molecule has 16 heteroatoms. The number of carbonyl (C=O) groups excluding carboxylic acids is 2. The van der Waals surface area contributed by atoms with Gasteiger partial charge < -0.3 is 25.8 Å². The van der Waals surface area contributed by atoms with Crippen LogP contribution < -0.4 is 16.0 Å². The van der Waals surface area contributed by atoms with Crippen LogP contribution in [0.5, 0.6) is 0 Å². The van der Waals surface area contributed by atoms with Crippen LogP contribution >= 0.6 is 35.0 Å². The number of halogens is 5. The summed E-state index contributed by atoms with van der Waals surface area (Å²) in [6.45, 7) is 2.37. The summed E-state index contributed by atoms with van der Waals surface area (Å²) in [5.74, 6) is -3.68. The van der Waals surface area contributed by atoms with Crippen LogP contribution in [0.2, 0.25) is 10.0 Å². The number of carboxylic acid groups (broad SMARTS) is 1. The molecule has 42 heavy (non-hydrogen) atoms. The molecule has 1 saturated heterocycles. The lowest BCUT2D eigenvalue weighted by Gasteiger charge is -2.31. The van der Waals surface area contributed by atoms with E-state index in [9.17, 15) is 22.8 Å². The smallest absolute Gasteiger partial charge is 0.475 e. The van der Waals surface area contributed by atoms with Crippen LogP contribution in [0.15, 0.2) is 52.5 Å². The monoisotopic (exact) mass is 641 g/mol. The molecule has 10 nitrogen and oxygen atoms in total. The number of amidine groups is 1. The number of thioether (sulfide) groups is 1. The number of aromatic nitrogens is 1. The normalized spacial score (nSPS) is 16.2. The number of benzene rings is 2. The van der Waals surface area contributed by atoms with Gasteiger partial charge in [-0.25, -0.2) is 4.79 Å². The lowest BCUT2D eigenvalue weighted by molar-refractivity contribution is -0.192. The van der Waals surface area contributed by atoms with Gasteiger partial charge in [-0.05, 0) is 47.7 Å². The summed E-state index contributed by atoms with van der Waals surface area (Å²) in [4.78, 5) is 44.7. The Labute approximate surface area is 250 Å². The maximum atomic E-state index is 12.6. The average Bonchev–Trinajstić information content (AvgIpc) is 3.28. The van der Waals surface area contributed by atoms with Crippen molar-refractivity contribution in [3.05, 3.63) is 68.7 Å². The quantitative estimate of drug-likeness (QED) is 0.327. The molecular weight excluding hydrogens is 622 g/mol. The van der Waals surface area contributed by atoms with E-state index in [0.717, 1.165) is 22.2 Å². The highest BCUT2D eigenvalue weighted by Crippen LogP contribution is 2.36. The highest BCUT2D eigenvalue weighted by atomic mass is 35.5. The molecule has 0 aliphatic carbocycles. The number of anilines is 2. The van der Waals surface area contributed by atoms with Crippen molar-refractivity contribution < 1.29 is 37.4 Å². The summed E-state index contributed by atoms with van der Waals surface area (Å²) in [7, 11) is 0. The Bertz CT molecular complexity index is 1610. The number of hydrogen-bond donors (Lipinski definition) is 3. The Balaban J connectivity index is 0.000000517. The molecule has 3 heterocycles. The molecule has 1 aromatic heterocycles. The van der Waals surface area contributed by atoms with E-state index in [0.29, 0.717) is 57.7 Å². The molecule has 220 valence electrons. The second-order valence-corrected chi connectivity index (χ2v) is 10.5. The number of pyridine rings is 1. The molecule has 1 fully saturated rings. The number of carboxylic acids is 1. The van der Waals surface area contributed by atoms with E-state index in [1.54, 1.807) is 24.3 Å². The van der Waals surface area contributed by atoms with Crippen LogP contribution in [0, 0.1) is 0 Å². The van der Waals surface area contributed by atoms with E-state index >= 15 is 0 Å². The third kappa shape index (κ3) is 7.31. The van der Waals surface area contributed by atoms with Crippen molar-refractivity contribution in [2.45, 2.75) is 6.18 Å². The Kier molecular flexibility index (Phi) is 9.61. The van der Waals surface area contributed by atoms with Gasteiger partial charge in [0, 0.05) is 24.7 Å². The highest BCUT2D eigenvalue weighted by Gasteiger charge is 2.38. The van der Waals surface area contributed by atoms with E-state index in [4.69, 9.17) is 43.6 Å². The largest absolute Gasteiger partial charge is 0.490 e. The number of nitrogens with zero attached hydrogens (tertiary/aromatic N) is 3. The van der Waals surface area contributed by atoms with Gasteiger partial charge in [0.25, 0.3) is 11.8 Å². The fourth-order valence-electron chi connectivity index (χ4n) is 3.93. The zero-order chi connectivity index (χ0) is 30.6. The van der Waals surface area contributed by atoms with Crippen LogP contribution in [-0.2, 0) is 14.3 Å². The van der Waals surface area contributed by atoms with Crippen molar-refractivity contribution in [3.63, 3.8) is 0 Å². The Morgan fingerprint density at radius 1 is 1.14 bits per heavy atom. The molecule has 2 aromatic carbocycles. The Hall–Kier alpha value is -3.85. The fourth-order valence-corrected chi connectivity index (χ4v) is 5.24. The molecule has 0 saturated carbocycles. The van der Waals surface area contributed by atoms with E-state index in [2.05, 4.69) is 20.2 Å². The minimum atomic E-state index is -5.08. The molecule has 0 atom stereocenters. The number of aliphatic imine (C=N–C) groups is 1. The predicted octanol–water partition coefficient (Wildman–Crippen LogP) is 5.19. The van der Waals surface area contributed by atoms with Crippen molar-refractivity contribution in [1.82, 2.24) is 4.98 Å². The number of nitrogens with one attached hydrogen (secondary N) is 1. The number of hydrogen-bond acceptors (Lipinski definition) is 8. The van der Waals surface area contributed by atoms with Crippen molar-refractivity contribution in [3.8, 4) is 0 Å². The highest BCUT2D eigenvalue weighted by molar-refractivity contribution is 8.18. The van der Waals surface area contributed by atoms with Gasteiger partial charge in [0.1, 0.15) is 0 Å².